The van der Waals surface area contributed by atoms with Crippen LogP contribution in [0.25, 0.3) is 5.82 Å². The van der Waals surface area contributed by atoms with Gasteiger partial charge in [0, 0.05) is 27.8 Å². The molecular formula is C20H21F3N6O2S. The highest BCUT2D eigenvalue weighted by molar-refractivity contribution is 7.92. The van der Waals surface area contributed by atoms with Crippen molar-refractivity contribution in [2.75, 3.05) is 12.5 Å². The first-order valence-electron chi connectivity index (χ1n) is 9.38. The molecule has 3 aromatic rings. The Morgan fingerprint density at radius 1 is 1.19 bits per heavy atom. The fourth-order valence-electron chi connectivity index (χ4n) is 3.06. The minimum absolute atomic E-state index is 0.0791. The Bertz CT molecular complexity index is 1250. The van der Waals surface area contributed by atoms with Crippen molar-refractivity contribution in [3.8, 4) is 5.82 Å². The predicted octanol–water partition coefficient (Wildman–Crippen LogP) is 3.84. The summed E-state index contributed by atoms with van der Waals surface area (Å²) in [4.78, 5) is 21.1. The molecule has 0 bridgehead atoms. The normalized spacial score (nSPS) is 13.0. The van der Waals surface area contributed by atoms with Crippen LogP contribution in [-0.4, -0.2) is 42.4 Å². The third kappa shape index (κ3) is 5.31. The molecule has 0 unspecified atom stereocenters. The van der Waals surface area contributed by atoms with E-state index in [1.165, 1.54) is 48.8 Å². The lowest BCUT2D eigenvalue weighted by Crippen LogP contribution is -2.29. The van der Waals surface area contributed by atoms with E-state index in [2.05, 4.69) is 24.7 Å². The second-order valence-corrected chi connectivity index (χ2v) is 9.89. The lowest BCUT2D eigenvalue weighted by molar-refractivity contribution is -0.138. The van der Waals surface area contributed by atoms with Gasteiger partial charge in [0.05, 0.1) is 23.5 Å². The Balaban J connectivity index is 1.84. The number of nitrogens with zero attached hydrogens (tertiary/aromatic N) is 5. The molecule has 2 aromatic heterocycles. The van der Waals surface area contributed by atoms with E-state index in [0.29, 0.717) is 17.3 Å². The largest absolute Gasteiger partial charge is 0.416 e. The molecule has 0 aliphatic heterocycles. The van der Waals surface area contributed by atoms with Crippen LogP contribution < -0.4 is 5.32 Å². The molecule has 1 N–H and O–H groups in total. The Morgan fingerprint density at radius 2 is 1.91 bits per heavy atom. The standard InChI is InChI=1S/C20H21F3N6O2S/c1-12-15(6-5-7-16(12)20(21,22)23)19(30)27-13(2)18-25-11-26-29(18)17-9-8-14(10-24-17)28-32(3,4)31/h5-11,13H,1-4H3,(H,27,30)/t13-/m0/s1. The highest BCUT2D eigenvalue weighted by Crippen LogP contribution is 2.33. The van der Waals surface area contributed by atoms with Crippen LogP contribution in [0.15, 0.2) is 47.2 Å². The number of halogens is 3. The van der Waals surface area contributed by atoms with E-state index in [-0.39, 0.29) is 11.1 Å². The van der Waals surface area contributed by atoms with Crippen molar-refractivity contribution in [3.63, 3.8) is 0 Å². The minimum atomic E-state index is -4.56. The van der Waals surface area contributed by atoms with E-state index in [9.17, 15) is 22.2 Å². The number of hydrogen-bond donors (Lipinski definition) is 1. The maximum Gasteiger partial charge on any atom is 0.416 e. The molecule has 0 aliphatic carbocycles. The van der Waals surface area contributed by atoms with Crippen LogP contribution in [0.2, 0.25) is 0 Å². The summed E-state index contributed by atoms with van der Waals surface area (Å²) in [5.41, 5.74) is -0.661. The molecule has 1 amide bonds. The number of rotatable bonds is 5. The first kappa shape index (κ1) is 23.4. The fraction of sp³-hybridized carbons (Fsp3) is 0.300. The first-order chi connectivity index (χ1) is 14.9. The summed E-state index contributed by atoms with van der Waals surface area (Å²) < 4.78 is 56.7. The monoisotopic (exact) mass is 466 g/mol. The molecule has 0 radical (unpaired) electrons. The van der Waals surface area contributed by atoms with E-state index in [1.807, 2.05) is 0 Å². The van der Waals surface area contributed by atoms with Gasteiger partial charge in [-0.05, 0) is 43.7 Å². The average molecular weight is 466 g/mol. The molecule has 170 valence electrons. The van der Waals surface area contributed by atoms with Gasteiger partial charge in [-0.2, -0.15) is 27.3 Å². The van der Waals surface area contributed by atoms with Crippen LogP contribution in [-0.2, 0) is 15.9 Å². The zero-order valence-corrected chi connectivity index (χ0v) is 18.5. The summed E-state index contributed by atoms with van der Waals surface area (Å²) >= 11 is 0. The molecule has 8 nitrogen and oxygen atoms in total. The van der Waals surface area contributed by atoms with Crippen molar-refractivity contribution in [1.29, 1.82) is 0 Å². The maximum absolute atomic E-state index is 13.2. The lowest BCUT2D eigenvalue weighted by Gasteiger charge is -2.17. The van der Waals surface area contributed by atoms with Crippen LogP contribution >= 0.6 is 0 Å². The smallest absolute Gasteiger partial charge is 0.342 e. The first-order valence-corrected chi connectivity index (χ1v) is 11.7. The number of nitrogens with one attached hydrogen (secondary N) is 1. The molecule has 0 spiro atoms. The number of hydrogen-bond acceptors (Lipinski definition) is 6. The van der Waals surface area contributed by atoms with Gasteiger partial charge in [-0.3, -0.25) is 4.79 Å². The van der Waals surface area contributed by atoms with Gasteiger partial charge < -0.3 is 5.32 Å². The summed E-state index contributed by atoms with van der Waals surface area (Å²) in [5.74, 6) is 0.0415. The molecule has 1 aromatic carbocycles. The molecular weight excluding hydrogens is 445 g/mol. The van der Waals surface area contributed by atoms with Gasteiger partial charge in [0.1, 0.15) is 6.33 Å². The average Bonchev–Trinajstić information content (AvgIpc) is 3.16. The van der Waals surface area contributed by atoms with Gasteiger partial charge in [0.15, 0.2) is 11.6 Å². The number of pyridine rings is 1. The number of alkyl halides is 3. The van der Waals surface area contributed by atoms with Crippen LogP contribution in [0.5, 0.6) is 0 Å². The van der Waals surface area contributed by atoms with E-state index in [4.69, 9.17) is 0 Å². The second kappa shape index (κ2) is 8.69. The Hall–Kier alpha value is -3.28. The van der Waals surface area contributed by atoms with Gasteiger partial charge in [0.25, 0.3) is 5.91 Å². The van der Waals surface area contributed by atoms with Gasteiger partial charge in [0.2, 0.25) is 0 Å². The van der Waals surface area contributed by atoms with E-state index >= 15 is 0 Å². The molecule has 32 heavy (non-hydrogen) atoms. The topological polar surface area (TPSA) is 102 Å². The summed E-state index contributed by atoms with van der Waals surface area (Å²) in [5, 5.41) is 6.77. The van der Waals surface area contributed by atoms with Gasteiger partial charge in [-0.15, -0.1) is 0 Å². The molecule has 0 fully saturated rings. The van der Waals surface area contributed by atoms with E-state index < -0.39 is 33.4 Å². The van der Waals surface area contributed by atoms with E-state index in [0.717, 1.165) is 6.07 Å². The van der Waals surface area contributed by atoms with Crippen molar-refractivity contribution in [3.05, 3.63) is 65.4 Å². The molecule has 0 saturated carbocycles. The Kier molecular flexibility index (Phi) is 6.35. The van der Waals surface area contributed by atoms with E-state index in [1.54, 1.807) is 19.1 Å². The predicted molar refractivity (Wildman–Crippen MR) is 113 cm³/mol. The number of carbonyl (C=O) groups excluding carboxylic acids is 1. The summed E-state index contributed by atoms with van der Waals surface area (Å²) in [7, 11) is -2.34. The molecule has 0 aliphatic rings. The van der Waals surface area contributed by atoms with Crippen LogP contribution in [0.3, 0.4) is 0 Å². The zero-order chi connectivity index (χ0) is 23.7. The maximum atomic E-state index is 13.2. The number of benzene rings is 1. The molecule has 12 heteroatoms. The number of aromatic nitrogens is 4. The SMILES string of the molecule is Cc1c(C(=O)N[C@@H](C)c2ncnn2-c2ccc(N=S(C)(C)=O)cn2)cccc1C(F)(F)F. The molecule has 2 heterocycles. The second-order valence-electron chi connectivity index (χ2n) is 7.35. The van der Waals surface area contributed by atoms with Crippen molar-refractivity contribution in [2.24, 2.45) is 4.36 Å². The summed E-state index contributed by atoms with van der Waals surface area (Å²) in [6.07, 6.45) is 1.17. The Morgan fingerprint density at radius 3 is 2.50 bits per heavy atom. The quantitative estimate of drug-likeness (QED) is 0.616. The van der Waals surface area contributed by atoms with Gasteiger partial charge >= 0.3 is 6.18 Å². The van der Waals surface area contributed by atoms with Crippen molar-refractivity contribution < 1.29 is 22.2 Å². The zero-order valence-electron chi connectivity index (χ0n) is 17.7. The van der Waals surface area contributed by atoms with Crippen LogP contribution in [0.4, 0.5) is 18.9 Å². The van der Waals surface area contributed by atoms with Crippen LogP contribution in [0.1, 0.15) is 40.3 Å². The van der Waals surface area contributed by atoms with Crippen molar-refractivity contribution >= 4 is 21.3 Å². The molecule has 1 atom stereocenters. The third-order valence-electron chi connectivity index (χ3n) is 4.47. The third-order valence-corrected chi connectivity index (χ3v) is 5.12. The van der Waals surface area contributed by atoms with Gasteiger partial charge in [-0.1, -0.05) is 6.07 Å². The van der Waals surface area contributed by atoms with Crippen molar-refractivity contribution in [2.45, 2.75) is 26.1 Å². The van der Waals surface area contributed by atoms with Crippen molar-refractivity contribution in [1.82, 2.24) is 25.1 Å². The lowest BCUT2D eigenvalue weighted by atomic mass is 10.0. The highest BCUT2D eigenvalue weighted by Gasteiger charge is 2.33. The van der Waals surface area contributed by atoms with Crippen LogP contribution in [0, 0.1) is 6.92 Å². The minimum Gasteiger partial charge on any atom is -0.342 e. The molecule has 0 saturated heterocycles. The summed E-state index contributed by atoms with van der Waals surface area (Å²) in [6.45, 7) is 2.89. The van der Waals surface area contributed by atoms with Gasteiger partial charge in [-0.25, -0.2) is 14.2 Å². The highest BCUT2D eigenvalue weighted by atomic mass is 32.2. The number of carbonyl (C=O) groups is 1. The Labute approximate surface area is 183 Å². The molecule has 3 rings (SSSR count). The summed E-state index contributed by atoms with van der Waals surface area (Å²) in [6, 6.07) is 6.00. The number of amides is 1. The fourth-order valence-corrected chi connectivity index (χ4v) is 3.68.